The van der Waals surface area contributed by atoms with Gasteiger partial charge in [-0.2, -0.15) is 0 Å². The van der Waals surface area contributed by atoms with E-state index in [1.165, 1.54) is 5.56 Å². The van der Waals surface area contributed by atoms with E-state index in [2.05, 4.69) is 33.9 Å². The highest BCUT2D eigenvalue weighted by Gasteiger charge is 2.05. The molecule has 120 valence electrons. The van der Waals surface area contributed by atoms with Crippen LogP contribution in [0.4, 0.5) is 5.69 Å². The third kappa shape index (κ3) is 6.12. The largest absolute Gasteiger partial charge is 0.489 e. The molecule has 0 unspecified atom stereocenters. The number of hydrogen-bond donors (Lipinski definition) is 1. The minimum absolute atomic E-state index is 0.0251. The first-order valence-electron chi connectivity index (χ1n) is 7.14. The van der Waals surface area contributed by atoms with E-state index in [0.29, 0.717) is 18.1 Å². The lowest BCUT2D eigenvalue weighted by Gasteiger charge is -2.08. The number of benzene rings is 2. The minimum atomic E-state index is -0.0251. The van der Waals surface area contributed by atoms with Crippen molar-refractivity contribution in [1.29, 1.82) is 0 Å². The summed E-state index contributed by atoms with van der Waals surface area (Å²) in [7, 11) is 0. The number of hydrogen-bond acceptors (Lipinski definition) is 3. The Labute approximate surface area is 149 Å². The molecule has 5 heteroatoms. The first-order valence-corrected chi connectivity index (χ1v) is 9.08. The topological polar surface area (TPSA) is 38.3 Å². The Kier molecular flexibility index (Phi) is 7.23. The highest BCUT2D eigenvalue weighted by molar-refractivity contribution is 9.10. The molecule has 0 bridgehead atoms. The van der Waals surface area contributed by atoms with Crippen LogP contribution in [0.1, 0.15) is 5.56 Å². The van der Waals surface area contributed by atoms with Crippen LogP contribution < -0.4 is 10.1 Å². The summed E-state index contributed by atoms with van der Waals surface area (Å²) < 4.78 is 6.52. The number of thioether (sulfide) groups is 1. The molecule has 0 aliphatic heterocycles. The molecule has 0 aromatic heterocycles. The maximum absolute atomic E-state index is 12.0. The minimum Gasteiger partial charge on any atom is -0.489 e. The monoisotopic (exact) mass is 391 g/mol. The number of carbonyl (C=O) groups excluding carboxylic acids is 1. The van der Waals surface area contributed by atoms with Crippen molar-refractivity contribution in [3.8, 4) is 5.75 Å². The number of nitrogens with one attached hydrogen (secondary N) is 1. The van der Waals surface area contributed by atoms with Gasteiger partial charge in [-0.15, -0.1) is 11.8 Å². The number of carbonyl (C=O) groups is 1. The predicted molar refractivity (Wildman–Crippen MR) is 101 cm³/mol. The third-order valence-electron chi connectivity index (χ3n) is 2.93. The van der Waals surface area contributed by atoms with Gasteiger partial charge in [-0.3, -0.25) is 4.79 Å². The van der Waals surface area contributed by atoms with Gasteiger partial charge in [0.05, 0.1) is 5.75 Å². The Balaban J connectivity index is 1.80. The van der Waals surface area contributed by atoms with Crippen molar-refractivity contribution in [2.45, 2.75) is 5.75 Å². The molecule has 0 spiro atoms. The van der Waals surface area contributed by atoms with Crippen LogP contribution in [0.25, 0.3) is 0 Å². The Morgan fingerprint density at radius 3 is 2.87 bits per heavy atom. The normalized spacial score (nSPS) is 10.1. The highest BCUT2D eigenvalue weighted by atomic mass is 79.9. The molecule has 0 atom stereocenters. The van der Waals surface area contributed by atoms with Gasteiger partial charge in [-0.05, 0) is 23.8 Å². The fourth-order valence-electron chi connectivity index (χ4n) is 1.88. The molecule has 0 saturated heterocycles. The molecule has 1 amide bonds. The average Bonchev–Trinajstić information content (AvgIpc) is 2.55. The van der Waals surface area contributed by atoms with E-state index in [4.69, 9.17) is 4.74 Å². The summed E-state index contributed by atoms with van der Waals surface area (Å²) >= 11 is 5.09. The van der Waals surface area contributed by atoms with Crippen molar-refractivity contribution < 1.29 is 9.53 Å². The van der Waals surface area contributed by atoms with E-state index in [-0.39, 0.29) is 5.91 Å². The van der Waals surface area contributed by atoms with E-state index in [1.54, 1.807) is 23.9 Å². The van der Waals surface area contributed by atoms with Crippen molar-refractivity contribution in [2.24, 2.45) is 0 Å². The van der Waals surface area contributed by atoms with Crippen LogP contribution in [0, 0.1) is 0 Å². The molecule has 0 heterocycles. The van der Waals surface area contributed by atoms with Crippen LogP contribution in [0.3, 0.4) is 0 Å². The third-order valence-corrected chi connectivity index (χ3v) is 4.69. The van der Waals surface area contributed by atoms with Gasteiger partial charge in [-0.1, -0.05) is 52.9 Å². The van der Waals surface area contributed by atoms with Gasteiger partial charge in [0.25, 0.3) is 0 Å². The Hall–Kier alpha value is -1.72. The Bertz CT molecular complexity index is 676. The van der Waals surface area contributed by atoms with Gasteiger partial charge in [0.15, 0.2) is 0 Å². The van der Waals surface area contributed by atoms with Gasteiger partial charge in [-0.25, -0.2) is 0 Å². The predicted octanol–water partition coefficient (Wildman–Crippen LogP) is 4.89. The zero-order chi connectivity index (χ0) is 16.5. The fraction of sp³-hybridized carbons (Fsp3) is 0.167. The van der Waals surface area contributed by atoms with E-state index in [9.17, 15) is 4.79 Å². The average molecular weight is 392 g/mol. The first kappa shape index (κ1) is 17.6. The number of ether oxygens (including phenoxy) is 1. The number of halogens is 1. The van der Waals surface area contributed by atoms with Crippen LogP contribution in [0.15, 0.2) is 65.7 Å². The fourth-order valence-corrected chi connectivity index (χ4v) is 3.33. The second-order valence-corrected chi connectivity index (χ2v) is 6.60. The molecule has 1 N–H and O–H groups in total. The zero-order valence-corrected chi connectivity index (χ0v) is 15.0. The smallest absolute Gasteiger partial charge is 0.234 e. The molecule has 2 rings (SSSR count). The Morgan fingerprint density at radius 2 is 2.09 bits per heavy atom. The maximum atomic E-state index is 12.0. The molecular weight excluding hydrogens is 374 g/mol. The maximum Gasteiger partial charge on any atom is 0.234 e. The number of anilines is 1. The van der Waals surface area contributed by atoms with Crippen LogP contribution in [0.5, 0.6) is 5.75 Å². The molecule has 0 radical (unpaired) electrons. The van der Waals surface area contributed by atoms with Crippen molar-refractivity contribution in [1.82, 2.24) is 0 Å². The molecule has 0 saturated carbocycles. The van der Waals surface area contributed by atoms with Gasteiger partial charge < -0.3 is 10.1 Å². The summed E-state index contributed by atoms with van der Waals surface area (Å²) in [6, 6.07) is 15.4. The summed E-state index contributed by atoms with van der Waals surface area (Å²) in [5, 5.41) is 2.88. The summed E-state index contributed by atoms with van der Waals surface area (Å²) in [5.74, 6) is 1.88. The SMILES string of the molecule is C=CCOc1cccc(NC(=O)CSCc2ccccc2Br)c1. The van der Waals surface area contributed by atoms with Crippen molar-refractivity contribution >= 4 is 39.3 Å². The van der Waals surface area contributed by atoms with Gasteiger partial charge in [0, 0.05) is 22.0 Å². The molecule has 3 nitrogen and oxygen atoms in total. The lowest BCUT2D eigenvalue weighted by Crippen LogP contribution is -2.14. The van der Waals surface area contributed by atoms with E-state index in [0.717, 1.165) is 15.9 Å². The van der Waals surface area contributed by atoms with E-state index >= 15 is 0 Å². The molecule has 2 aromatic rings. The lowest BCUT2D eigenvalue weighted by molar-refractivity contribution is -0.113. The van der Waals surface area contributed by atoms with E-state index < -0.39 is 0 Å². The second-order valence-electron chi connectivity index (χ2n) is 4.76. The number of amides is 1. The summed E-state index contributed by atoms with van der Waals surface area (Å²) in [4.78, 5) is 12.0. The van der Waals surface area contributed by atoms with Crippen molar-refractivity contribution in [2.75, 3.05) is 17.7 Å². The zero-order valence-electron chi connectivity index (χ0n) is 12.6. The lowest BCUT2D eigenvalue weighted by atomic mass is 10.2. The van der Waals surface area contributed by atoms with Crippen molar-refractivity contribution in [3.63, 3.8) is 0 Å². The van der Waals surface area contributed by atoms with Gasteiger partial charge >= 0.3 is 0 Å². The van der Waals surface area contributed by atoms with Crippen LogP contribution in [0.2, 0.25) is 0 Å². The standard InChI is InChI=1S/C18H18BrNO2S/c1-2-10-22-16-8-5-7-15(11-16)20-18(21)13-23-12-14-6-3-4-9-17(14)19/h2-9,11H,1,10,12-13H2,(H,20,21). The quantitative estimate of drug-likeness (QED) is 0.651. The van der Waals surface area contributed by atoms with Crippen LogP contribution in [-0.2, 0) is 10.5 Å². The Morgan fingerprint density at radius 1 is 1.26 bits per heavy atom. The van der Waals surface area contributed by atoms with Gasteiger partial charge in [0.1, 0.15) is 12.4 Å². The molecule has 0 aliphatic rings. The molecule has 2 aromatic carbocycles. The second kappa shape index (κ2) is 9.43. The molecule has 0 fully saturated rings. The summed E-state index contributed by atoms with van der Waals surface area (Å²) in [6.45, 7) is 4.05. The molecule has 23 heavy (non-hydrogen) atoms. The molecular formula is C18H18BrNO2S. The first-order chi connectivity index (χ1) is 11.2. The number of rotatable bonds is 8. The molecule has 0 aliphatic carbocycles. The highest BCUT2D eigenvalue weighted by Crippen LogP contribution is 2.22. The van der Waals surface area contributed by atoms with Crippen molar-refractivity contribution in [3.05, 3.63) is 71.2 Å². The van der Waals surface area contributed by atoms with E-state index in [1.807, 2.05) is 36.4 Å². The van der Waals surface area contributed by atoms with Crippen LogP contribution >= 0.6 is 27.7 Å². The van der Waals surface area contributed by atoms with Crippen LogP contribution in [-0.4, -0.2) is 18.3 Å². The summed E-state index contributed by atoms with van der Waals surface area (Å²) in [5.41, 5.74) is 1.92. The summed E-state index contributed by atoms with van der Waals surface area (Å²) in [6.07, 6.45) is 1.68. The van der Waals surface area contributed by atoms with Gasteiger partial charge in [0.2, 0.25) is 5.91 Å².